The number of phosphoric ester groups is 1. The monoisotopic (exact) mass is 615 g/mol. The number of imide groups is 1. The largest absolute Gasteiger partial charge is 0.477 e. The molecule has 12 heteroatoms. The van der Waals surface area contributed by atoms with Crippen molar-refractivity contribution in [3.8, 4) is 0 Å². The van der Waals surface area contributed by atoms with Crippen LogP contribution in [0.5, 0.6) is 0 Å². The van der Waals surface area contributed by atoms with E-state index >= 15 is 0 Å². The normalized spacial score (nSPS) is 22.1. The van der Waals surface area contributed by atoms with E-state index in [0.29, 0.717) is 23.1 Å². The first-order chi connectivity index (χ1) is 20.1. The van der Waals surface area contributed by atoms with Crippen LogP contribution in [-0.2, 0) is 22.9 Å². The molecule has 2 aliphatic carbocycles. The molecule has 0 atom stereocenters. The van der Waals surface area contributed by atoms with E-state index < -0.39 is 37.7 Å². The second-order valence-corrected chi connectivity index (χ2v) is 16.3. The van der Waals surface area contributed by atoms with Gasteiger partial charge >= 0.3 is 13.9 Å². The lowest BCUT2D eigenvalue weighted by atomic mass is 9.60. The van der Waals surface area contributed by atoms with Crippen molar-refractivity contribution in [2.45, 2.75) is 110 Å². The number of anilines is 1. The van der Waals surface area contributed by atoms with Gasteiger partial charge in [0.15, 0.2) is 0 Å². The fourth-order valence-electron chi connectivity index (χ4n) is 6.72. The standard InChI is InChI=1S/C31H46N5O6P/c1-29(2,3)41-43(39,42-30(4,5)6)40-20-36-26(37)9-14-34(28(36)38)22-15-24-25(21-7-8-21)19-35(27(24)33-18-22)23-16-31(17-23)10-12-32-13-11-31/h15,18-19,21,23,32H,7-14,16-17,20H2,1-6H3. The second-order valence-electron chi connectivity index (χ2n) is 14.8. The Labute approximate surface area is 254 Å². The van der Waals surface area contributed by atoms with Crippen LogP contribution in [0.25, 0.3) is 11.0 Å². The van der Waals surface area contributed by atoms with Crippen LogP contribution < -0.4 is 10.2 Å². The highest BCUT2D eigenvalue weighted by atomic mass is 31.2. The van der Waals surface area contributed by atoms with Crippen molar-refractivity contribution < 1.29 is 27.7 Å². The summed E-state index contributed by atoms with van der Waals surface area (Å²) in [4.78, 5) is 34.0. The van der Waals surface area contributed by atoms with Crippen LogP contribution in [-0.4, -0.2) is 64.0 Å². The van der Waals surface area contributed by atoms with E-state index in [9.17, 15) is 14.2 Å². The molecule has 2 saturated carbocycles. The molecule has 3 amide bonds. The van der Waals surface area contributed by atoms with E-state index in [1.807, 2.05) is 0 Å². The van der Waals surface area contributed by atoms with Crippen molar-refractivity contribution in [1.29, 1.82) is 0 Å². The molecule has 1 N–H and O–H groups in total. The summed E-state index contributed by atoms with van der Waals surface area (Å²) in [7, 11) is -4.12. The van der Waals surface area contributed by atoms with Gasteiger partial charge < -0.3 is 9.88 Å². The summed E-state index contributed by atoms with van der Waals surface area (Å²) < 4.78 is 32.9. The Hall–Kier alpha value is -2.30. The topological polar surface area (TPSA) is 115 Å². The van der Waals surface area contributed by atoms with Crippen LogP contribution in [0.4, 0.5) is 10.5 Å². The van der Waals surface area contributed by atoms with Crippen LogP contribution in [0.15, 0.2) is 18.5 Å². The Morgan fingerprint density at radius 2 is 1.70 bits per heavy atom. The van der Waals surface area contributed by atoms with Gasteiger partial charge in [-0.2, -0.15) is 0 Å². The summed E-state index contributed by atoms with van der Waals surface area (Å²) in [6.45, 7) is 12.3. The summed E-state index contributed by atoms with van der Waals surface area (Å²) >= 11 is 0. The maximum atomic E-state index is 13.7. The van der Waals surface area contributed by atoms with Gasteiger partial charge in [0.2, 0.25) is 5.91 Å². The average Bonchev–Trinajstić information content (AvgIpc) is 3.66. The third-order valence-electron chi connectivity index (χ3n) is 8.84. The first-order valence-corrected chi connectivity index (χ1v) is 17.1. The number of hydrogen-bond donors (Lipinski definition) is 1. The SMILES string of the molecule is CC(C)(C)OP(=O)(OCN1C(=O)CCN(c2cnc3c(c2)c(C2CC2)cn3C2CC3(CCNCC3)C2)C1=O)OC(C)(C)C. The van der Waals surface area contributed by atoms with Crippen LogP contribution in [0.1, 0.15) is 104 Å². The molecule has 0 aromatic carbocycles. The number of piperidine rings is 1. The number of carbonyl (C=O) groups excluding carboxylic acids is 2. The summed E-state index contributed by atoms with van der Waals surface area (Å²) in [6, 6.07) is 1.96. The molecular weight excluding hydrogens is 569 g/mol. The molecule has 6 rings (SSSR count). The van der Waals surface area contributed by atoms with Gasteiger partial charge in [-0.3, -0.25) is 23.3 Å². The maximum absolute atomic E-state index is 13.7. The van der Waals surface area contributed by atoms with Gasteiger partial charge in [0.25, 0.3) is 0 Å². The minimum Gasteiger partial charge on any atom is -0.329 e. The molecule has 2 aliphatic heterocycles. The van der Waals surface area contributed by atoms with Gasteiger partial charge in [0.1, 0.15) is 12.4 Å². The molecule has 2 aromatic rings. The molecule has 11 nitrogen and oxygen atoms in total. The fraction of sp³-hybridized carbons (Fsp3) is 0.710. The molecule has 2 saturated heterocycles. The number of phosphoric acid groups is 1. The Balaban J connectivity index is 1.22. The van der Waals surface area contributed by atoms with Crippen LogP contribution >= 0.6 is 7.82 Å². The molecule has 0 unspecified atom stereocenters. The lowest BCUT2D eigenvalue weighted by Gasteiger charge is -2.51. The predicted molar refractivity (Wildman–Crippen MR) is 164 cm³/mol. The molecule has 4 heterocycles. The quantitative estimate of drug-likeness (QED) is 0.335. The Kier molecular flexibility index (Phi) is 7.82. The van der Waals surface area contributed by atoms with E-state index in [1.165, 1.54) is 44.1 Å². The Bertz CT molecular complexity index is 1420. The summed E-state index contributed by atoms with van der Waals surface area (Å²) in [5, 5.41) is 4.57. The third-order valence-corrected chi connectivity index (χ3v) is 10.8. The van der Waals surface area contributed by atoms with Crippen molar-refractivity contribution in [3.05, 3.63) is 24.0 Å². The molecule has 2 aromatic heterocycles. The van der Waals surface area contributed by atoms with Gasteiger partial charge in [-0.1, -0.05) is 0 Å². The molecule has 1 spiro atoms. The number of carbonyl (C=O) groups is 2. The molecule has 43 heavy (non-hydrogen) atoms. The highest BCUT2D eigenvalue weighted by Crippen LogP contribution is 2.56. The first-order valence-electron chi connectivity index (χ1n) is 15.6. The summed E-state index contributed by atoms with van der Waals surface area (Å²) in [5.41, 5.74) is 1.69. The van der Waals surface area contributed by atoms with E-state index in [0.717, 1.165) is 29.0 Å². The van der Waals surface area contributed by atoms with E-state index in [2.05, 4.69) is 22.1 Å². The van der Waals surface area contributed by atoms with Crippen molar-refractivity contribution >= 4 is 36.5 Å². The summed E-state index contributed by atoms with van der Waals surface area (Å²) in [5.74, 6) is 0.118. The number of nitrogens with one attached hydrogen (secondary N) is 1. The average molecular weight is 616 g/mol. The number of amides is 3. The highest BCUT2D eigenvalue weighted by Gasteiger charge is 2.46. The Morgan fingerprint density at radius 3 is 2.30 bits per heavy atom. The van der Waals surface area contributed by atoms with E-state index in [1.54, 1.807) is 52.6 Å². The van der Waals surface area contributed by atoms with Gasteiger partial charge in [-0.05, 0) is 116 Å². The van der Waals surface area contributed by atoms with Crippen molar-refractivity contribution in [3.63, 3.8) is 0 Å². The number of pyridine rings is 1. The number of fused-ring (bicyclic) bond motifs is 1. The Morgan fingerprint density at radius 1 is 1.05 bits per heavy atom. The number of nitrogens with zero attached hydrogens (tertiary/aromatic N) is 4. The van der Waals surface area contributed by atoms with Gasteiger partial charge in [-0.25, -0.2) is 19.2 Å². The van der Waals surface area contributed by atoms with Gasteiger partial charge in [-0.15, -0.1) is 0 Å². The van der Waals surface area contributed by atoms with Gasteiger partial charge in [0.05, 0.1) is 23.1 Å². The molecule has 4 fully saturated rings. The van der Waals surface area contributed by atoms with Crippen LogP contribution in [0.3, 0.4) is 0 Å². The maximum Gasteiger partial charge on any atom is 0.477 e. The molecular formula is C31H46N5O6P. The zero-order chi connectivity index (χ0) is 30.8. The van der Waals surface area contributed by atoms with Crippen molar-refractivity contribution in [1.82, 2.24) is 19.8 Å². The summed E-state index contributed by atoms with van der Waals surface area (Å²) in [6.07, 6.45) is 11.3. The lowest BCUT2D eigenvalue weighted by molar-refractivity contribution is -0.131. The highest BCUT2D eigenvalue weighted by molar-refractivity contribution is 7.48. The smallest absolute Gasteiger partial charge is 0.329 e. The molecule has 236 valence electrons. The zero-order valence-electron chi connectivity index (χ0n) is 26.4. The number of urea groups is 1. The van der Waals surface area contributed by atoms with Crippen molar-refractivity contribution in [2.24, 2.45) is 5.41 Å². The zero-order valence-corrected chi connectivity index (χ0v) is 27.2. The minimum atomic E-state index is -4.12. The van der Waals surface area contributed by atoms with Crippen molar-refractivity contribution in [2.75, 3.05) is 31.3 Å². The number of hydrogen-bond acceptors (Lipinski definition) is 8. The first kappa shape index (κ1) is 30.7. The van der Waals surface area contributed by atoms with E-state index in [4.69, 9.17) is 18.6 Å². The van der Waals surface area contributed by atoms with Crippen LogP contribution in [0, 0.1) is 5.41 Å². The molecule has 0 bridgehead atoms. The van der Waals surface area contributed by atoms with Crippen LogP contribution in [0.2, 0.25) is 0 Å². The van der Waals surface area contributed by atoms with E-state index in [-0.39, 0.29) is 13.0 Å². The number of rotatable bonds is 8. The number of aromatic nitrogens is 2. The van der Waals surface area contributed by atoms with Gasteiger partial charge in [0, 0.05) is 30.6 Å². The third kappa shape index (κ3) is 6.57. The fourth-order valence-corrected chi connectivity index (χ4v) is 8.46. The predicted octanol–water partition coefficient (Wildman–Crippen LogP) is 6.49. The second kappa shape index (κ2) is 10.9. The minimum absolute atomic E-state index is 0.104. The molecule has 0 radical (unpaired) electrons. The molecule has 4 aliphatic rings. The lowest BCUT2D eigenvalue weighted by Crippen LogP contribution is -2.53.